The minimum Gasteiger partial charge on any atom is -0.399 e. The second-order valence-corrected chi connectivity index (χ2v) is 6.38. The van der Waals surface area contributed by atoms with Crippen molar-refractivity contribution in [3.05, 3.63) is 24.3 Å². The van der Waals surface area contributed by atoms with E-state index in [1.54, 1.807) is 6.92 Å². The molecular formula is C12H20N2O2S. The molecule has 96 valence electrons. The van der Waals surface area contributed by atoms with E-state index in [1.165, 1.54) is 0 Å². The van der Waals surface area contributed by atoms with Crippen LogP contribution >= 0.6 is 0 Å². The number of rotatable bonds is 6. The molecule has 0 amide bonds. The highest BCUT2D eigenvalue weighted by Gasteiger charge is 2.11. The summed E-state index contributed by atoms with van der Waals surface area (Å²) in [5, 5.41) is 0. The quantitative estimate of drug-likeness (QED) is 0.784. The normalized spacial score (nSPS) is 11.4. The van der Waals surface area contributed by atoms with E-state index in [-0.39, 0.29) is 11.5 Å². The first-order chi connectivity index (χ1) is 7.98. The molecule has 0 radical (unpaired) electrons. The van der Waals surface area contributed by atoms with Crippen LogP contribution in [-0.2, 0) is 9.84 Å². The summed E-state index contributed by atoms with van der Waals surface area (Å²) in [6.07, 6.45) is 0. The number of nitrogens with zero attached hydrogens (tertiary/aromatic N) is 1. The van der Waals surface area contributed by atoms with Crippen LogP contribution in [0.2, 0.25) is 0 Å². The molecule has 0 aliphatic carbocycles. The standard InChI is InChI=1S/C12H20N2O2S/c1-3-14(8-9-17(15,16)4-2)12-7-5-6-11(13)10-12/h5-7,10H,3-4,8-9,13H2,1-2H3. The lowest BCUT2D eigenvalue weighted by Crippen LogP contribution is -2.29. The lowest BCUT2D eigenvalue weighted by atomic mass is 10.2. The molecule has 0 aliphatic rings. The topological polar surface area (TPSA) is 63.4 Å². The Bertz CT molecular complexity index is 457. The van der Waals surface area contributed by atoms with Crippen LogP contribution in [0.25, 0.3) is 0 Å². The van der Waals surface area contributed by atoms with Crippen LogP contribution in [0.3, 0.4) is 0 Å². The van der Waals surface area contributed by atoms with Gasteiger partial charge in [0.05, 0.1) is 5.75 Å². The molecule has 5 heteroatoms. The van der Waals surface area contributed by atoms with E-state index >= 15 is 0 Å². The fourth-order valence-electron chi connectivity index (χ4n) is 1.58. The summed E-state index contributed by atoms with van der Waals surface area (Å²) in [5.74, 6) is 0.383. The Kier molecular flexibility index (Phi) is 4.81. The Morgan fingerprint density at radius 2 is 2.00 bits per heavy atom. The van der Waals surface area contributed by atoms with Crippen LogP contribution in [0.1, 0.15) is 13.8 Å². The molecule has 0 bridgehead atoms. The smallest absolute Gasteiger partial charge is 0.151 e. The number of nitrogens with two attached hydrogens (primary N) is 1. The van der Waals surface area contributed by atoms with Gasteiger partial charge in [-0.2, -0.15) is 0 Å². The molecule has 0 fully saturated rings. The molecule has 17 heavy (non-hydrogen) atoms. The molecule has 0 saturated carbocycles. The van der Waals surface area contributed by atoms with Gasteiger partial charge in [0.1, 0.15) is 0 Å². The van der Waals surface area contributed by atoms with Crippen molar-refractivity contribution < 1.29 is 8.42 Å². The van der Waals surface area contributed by atoms with Crippen LogP contribution in [0.5, 0.6) is 0 Å². The largest absolute Gasteiger partial charge is 0.399 e. The fourth-order valence-corrected chi connectivity index (χ4v) is 2.37. The van der Waals surface area contributed by atoms with Gasteiger partial charge in [-0.15, -0.1) is 0 Å². The maximum Gasteiger partial charge on any atom is 0.151 e. The van der Waals surface area contributed by atoms with E-state index in [0.29, 0.717) is 12.2 Å². The summed E-state index contributed by atoms with van der Waals surface area (Å²) in [6.45, 7) is 4.95. The molecule has 1 rings (SSSR count). The van der Waals surface area contributed by atoms with Gasteiger partial charge >= 0.3 is 0 Å². The minimum absolute atomic E-state index is 0.187. The maximum atomic E-state index is 11.5. The van der Waals surface area contributed by atoms with E-state index < -0.39 is 9.84 Å². The van der Waals surface area contributed by atoms with Crippen LogP contribution in [0.15, 0.2) is 24.3 Å². The highest BCUT2D eigenvalue weighted by molar-refractivity contribution is 7.91. The van der Waals surface area contributed by atoms with Crippen molar-refractivity contribution in [2.75, 3.05) is 35.2 Å². The third kappa shape index (κ3) is 4.26. The third-order valence-electron chi connectivity index (χ3n) is 2.73. The monoisotopic (exact) mass is 256 g/mol. The zero-order valence-electron chi connectivity index (χ0n) is 10.4. The van der Waals surface area contributed by atoms with E-state index in [9.17, 15) is 8.42 Å². The Morgan fingerprint density at radius 1 is 1.29 bits per heavy atom. The van der Waals surface area contributed by atoms with Crippen molar-refractivity contribution in [1.29, 1.82) is 0 Å². The summed E-state index contributed by atoms with van der Waals surface area (Å²) in [4.78, 5) is 2.02. The van der Waals surface area contributed by atoms with E-state index in [1.807, 2.05) is 36.1 Å². The number of anilines is 2. The highest BCUT2D eigenvalue weighted by Crippen LogP contribution is 2.17. The molecule has 0 saturated heterocycles. The average molecular weight is 256 g/mol. The molecule has 0 unspecified atom stereocenters. The number of benzene rings is 1. The molecule has 0 heterocycles. The first kappa shape index (κ1) is 13.8. The second kappa shape index (κ2) is 5.91. The molecule has 0 atom stereocenters. The zero-order chi connectivity index (χ0) is 12.9. The van der Waals surface area contributed by atoms with Crippen LogP contribution in [0, 0.1) is 0 Å². The summed E-state index contributed by atoms with van der Waals surface area (Å²) >= 11 is 0. The zero-order valence-corrected chi connectivity index (χ0v) is 11.2. The van der Waals surface area contributed by atoms with E-state index in [0.717, 1.165) is 12.2 Å². The van der Waals surface area contributed by atoms with Gasteiger partial charge in [-0.3, -0.25) is 0 Å². The van der Waals surface area contributed by atoms with Gasteiger partial charge in [0.25, 0.3) is 0 Å². The van der Waals surface area contributed by atoms with E-state index in [2.05, 4.69) is 0 Å². The van der Waals surface area contributed by atoms with Gasteiger partial charge in [-0.05, 0) is 25.1 Å². The van der Waals surface area contributed by atoms with Crippen molar-refractivity contribution in [3.8, 4) is 0 Å². The van der Waals surface area contributed by atoms with Crippen molar-refractivity contribution in [3.63, 3.8) is 0 Å². The average Bonchev–Trinajstić information content (AvgIpc) is 2.30. The SMILES string of the molecule is CCN(CCS(=O)(=O)CC)c1cccc(N)c1. The molecule has 1 aromatic carbocycles. The number of nitrogen functional groups attached to an aromatic ring is 1. The maximum absolute atomic E-state index is 11.5. The minimum atomic E-state index is -2.92. The summed E-state index contributed by atoms with van der Waals surface area (Å²) < 4.78 is 22.9. The van der Waals surface area contributed by atoms with Gasteiger partial charge < -0.3 is 10.6 Å². The molecule has 0 aliphatic heterocycles. The lowest BCUT2D eigenvalue weighted by molar-refractivity contribution is 0.596. The third-order valence-corrected chi connectivity index (χ3v) is 4.41. The molecule has 0 aromatic heterocycles. The molecule has 2 N–H and O–H groups in total. The van der Waals surface area contributed by atoms with Gasteiger partial charge in [0.15, 0.2) is 9.84 Å². The molecule has 1 aromatic rings. The predicted molar refractivity (Wildman–Crippen MR) is 73.1 cm³/mol. The van der Waals surface area contributed by atoms with Crippen molar-refractivity contribution in [2.24, 2.45) is 0 Å². The Morgan fingerprint density at radius 3 is 2.53 bits per heavy atom. The summed E-state index contributed by atoms with van der Waals surface area (Å²) in [5.41, 5.74) is 7.38. The van der Waals surface area contributed by atoms with Crippen molar-refractivity contribution in [1.82, 2.24) is 0 Å². The Balaban J connectivity index is 2.73. The number of hydrogen-bond acceptors (Lipinski definition) is 4. The van der Waals surface area contributed by atoms with Crippen LogP contribution in [-0.4, -0.2) is 33.0 Å². The summed E-state index contributed by atoms with van der Waals surface area (Å²) in [6, 6.07) is 7.50. The lowest BCUT2D eigenvalue weighted by Gasteiger charge is -2.23. The van der Waals surface area contributed by atoms with Crippen LogP contribution < -0.4 is 10.6 Å². The Labute approximate surface area is 103 Å². The molecule has 4 nitrogen and oxygen atoms in total. The van der Waals surface area contributed by atoms with Gasteiger partial charge in [0.2, 0.25) is 0 Å². The summed E-state index contributed by atoms with van der Waals surface area (Å²) in [7, 11) is -2.92. The Hall–Kier alpha value is -1.23. The van der Waals surface area contributed by atoms with Gasteiger partial charge in [-0.25, -0.2) is 8.42 Å². The van der Waals surface area contributed by atoms with Gasteiger partial charge in [-0.1, -0.05) is 13.0 Å². The number of hydrogen-bond donors (Lipinski definition) is 1. The second-order valence-electron chi connectivity index (χ2n) is 3.91. The number of sulfone groups is 1. The van der Waals surface area contributed by atoms with Crippen molar-refractivity contribution in [2.45, 2.75) is 13.8 Å². The van der Waals surface area contributed by atoms with Gasteiger partial charge in [0, 0.05) is 30.2 Å². The predicted octanol–water partition coefficient (Wildman–Crippen LogP) is 1.53. The molecule has 0 spiro atoms. The first-order valence-electron chi connectivity index (χ1n) is 5.79. The van der Waals surface area contributed by atoms with E-state index in [4.69, 9.17) is 5.73 Å². The van der Waals surface area contributed by atoms with Crippen LogP contribution in [0.4, 0.5) is 11.4 Å². The first-order valence-corrected chi connectivity index (χ1v) is 7.61. The molecular weight excluding hydrogens is 236 g/mol. The van der Waals surface area contributed by atoms with Crippen molar-refractivity contribution >= 4 is 21.2 Å². The fraction of sp³-hybridized carbons (Fsp3) is 0.500. The highest BCUT2D eigenvalue weighted by atomic mass is 32.2.